The van der Waals surface area contributed by atoms with Crippen LogP contribution in [0, 0.1) is 0 Å². The van der Waals surface area contributed by atoms with Crippen LogP contribution in [0.3, 0.4) is 0 Å². The molecule has 0 radical (unpaired) electrons. The lowest BCUT2D eigenvalue weighted by Gasteiger charge is -2.32. The zero-order valence-electron chi connectivity index (χ0n) is 9.63. The summed E-state index contributed by atoms with van der Waals surface area (Å²) in [4.78, 5) is 2.58. The summed E-state index contributed by atoms with van der Waals surface area (Å²) in [6.07, 6.45) is 10.0. The van der Waals surface area contributed by atoms with Gasteiger partial charge in [0.1, 0.15) is 0 Å². The third-order valence-electron chi connectivity index (χ3n) is 2.99. The number of likely N-dealkylation sites (tertiary alicyclic amines) is 1. The Morgan fingerprint density at radius 2 is 2.29 bits per heavy atom. The molecule has 0 amide bonds. The first-order chi connectivity index (χ1) is 6.88. The molecule has 2 nitrogen and oxygen atoms in total. The monoisotopic (exact) mass is 196 g/mol. The quantitative estimate of drug-likeness (QED) is 0.534. The smallest absolute Gasteiger partial charge is 0.0278 e. The molecule has 0 aromatic carbocycles. The second-order valence-corrected chi connectivity index (χ2v) is 4.01. The minimum atomic E-state index is 0.714. The molecule has 0 aliphatic carbocycles. The Labute approximate surface area is 88.4 Å². The van der Waals surface area contributed by atoms with Gasteiger partial charge in [-0.05, 0) is 45.9 Å². The van der Waals surface area contributed by atoms with Gasteiger partial charge < -0.3 is 5.32 Å². The van der Waals surface area contributed by atoms with E-state index in [0.717, 1.165) is 13.0 Å². The summed E-state index contributed by atoms with van der Waals surface area (Å²) in [5.41, 5.74) is 0. The van der Waals surface area contributed by atoms with Crippen LogP contribution in [0.1, 0.15) is 32.6 Å². The van der Waals surface area contributed by atoms with Crippen molar-refractivity contribution >= 4 is 0 Å². The maximum Gasteiger partial charge on any atom is 0.0278 e. The summed E-state index contributed by atoms with van der Waals surface area (Å²) in [5, 5.41) is 3.17. The van der Waals surface area contributed by atoms with Crippen LogP contribution >= 0.6 is 0 Å². The van der Waals surface area contributed by atoms with Crippen molar-refractivity contribution in [2.45, 2.75) is 38.6 Å². The number of rotatable bonds is 5. The van der Waals surface area contributed by atoms with E-state index in [0.29, 0.717) is 6.04 Å². The highest BCUT2D eigenvalue weighted by atomic mass is 15.1. The fraction of sp³-hybridized carbons (Fsp3) is 0.833. The van der Waals surface area contributed by atoms with E-state index in [4.69, 9.17) is 0 Å². The van der Waals surface area contributed by atoms with E-state index < -0.39 is 0 Å². The van der Waals surface area contributed by atoms with Gasteiger partial charge in [-0.25, -0.2) is 0 Å². The topological polar surface area (TPSA) is 15.3 Å². The Kier molecular flexibility index (Phi) is 5.88. The van der Waals surface area contributed by atoms with Crippen molar-refractivity contribution in [2.24, 2.45) is 0 Å². The summed E-state index contributed by atoms with van der Waals surface area (Å²) in [6.45, 7) is 5.84. The molecule has 1 atom stereocenters. The van der Waals surface area contributed by atoms with Gasteiger partial charge in [-0.2, -0.15) is 0 Å². The summed E-state index contributed by atoms with van der Waals surface area (Å²) >= 11 is 0. The number of likely N-dealkylation sites (N-methyl/N-ethyl adjacent to an activating group) is 1. The average Bonchev–Trinajstić information content (AvgIpc) is 2.25. The summed E-state index contributed by atoms with van der Waals surface area (Å²) < 4.78 is 0. The summed E-state index contributed by atoms with van der Waals surface area (Å²) in [5.74, 6) is 0. The highest BCUT2D eigenvalue weighted by Gasteiger charge is 2.17. The molecule has 0 saturated carbocycles. The maximum absolute atomic E-state index is 3.17. The van der Waals surface area contributed by atoms with Gasteiger partial charge in [0, 0.05) is 6.04 Å². The lowest BCUT2D eigenvalue weighted by molar-refractivity contribution is 0.189. The molecule has 1 aliphatic rings. The minimum absolute atomic E-state index is 0.714. The van der Waals surface area contributed by atoms with Gasteiger partial charge in [-0.3, -0.25) is 4.90 Å². The predicted molar refractivity (Wildman–Crippen MR) is 62.6 cm³/mol. The second-order valence-electron chi connectivity index (χ2n) is 4.01. The van der Waals surface area contributed by atoms with Gasteiger partial charge in [0.05, 0.1) is 0 Å². The van der Waals surface area contributed by atoms with Crippen LogP contribution in [0.25, 0.3) is 0 Å². The Hall–Kier alpha value is -0.340. The fourth-order valence-electron chi connectivity index (χ4n) is 2.11. The zero-order valence-corrected chi connectivity index (χ0v) is 9.63. The molecule has 82 valence electrons. The predicted octanol–water partition coefficient (Wildman–Crippen LogP) is 2.03. The van der Waals surface area contributed by atoms with Crippen LogP contribution in [0.5, 0.6) is 0 Å². The van der Waals surface area contributed by atoms with Crippen LogP contribution in [-0.2, 0) is 0 Å². The van der Waals surface area contributed by atoms with Gasteiger partial charge in [0.15, 0.2) is 0 Å². The van der Waals surface area contributed by atoms with E-state index in [1.165, 1.54) is 32.4 Å². The van der Waals surface area contributed by atoms with Crippen molar-refractivity contribution in [1.82, 2.24) is 10.2 Å². The van der Waals surface area contributed by atoms with Gasteiger partial charge >= 0.3 is 0 Å². The Bertz CT molecular complexity index is 166. The average molecular weight is 196 g/mol. The Morgan fingerprint density at radius 3 is 3.00 bits per heavy atom. The Balaban J connectivity index is 2.28. The van der Waals surface area contributed by atoms with E-state index >= 15 is 0 Å². The number of hydrogen-bond donors (Lipinski definition) is 1. The second kappa shape index (κ2) is 7.02. The maximum atomic E-state index is 3.17. The molecule has 1 rings (SSSR count). The fourth-order valence-corrected chi connectivity index (χ4v) is 2.11. The zero-order chi connectivity index (χ0) is 10.2. The molecule has 1 aliphatic heterocycles. The third kappa shape index (κ3) is 3.81. The minimum Gasteiger partial charge on any atom is -0.319 e. The Morgan fingerprint density at radius 1 is 1.43 bits per heavy atom. The molecule has 0 spiro atoms. The van der Waals surface area contributed by atoms with Crippen molar-refractivity contribution in [2.75, 3.05) is 26.7 Å². The number of hydrogen-bond acceptors (Lipinski definition) is 2. The molecule has 0 aromatic rings. The van der Waals surface area contributed by atoms with Crippen LogP contribution in [0.2, 0.25) is 0 Å². The first kappa shape index (κ1) is 11.7. The molecule has 1 N–H and O–H groups in total. The molecule has 1 unspecified atom stereocenters. The van der Waals surface area contributed by atoms with E-state index in [1.54, 1.807) is 0 Å². The van der Waals surface area contributed by atoms with E-state index in [9.17, 15) is 0 Å². The molecule has 0 aromatic heterocycles. The van der Waals surface area contributed by atoms with Crippen LogP contribution in [-0.4, -0.2) is 37.6 Å². The van der Waals surface area contributed by atoms with E-state index in [2.05, 4.69) is 29.3 Å². The summed E-state index contributed by atoms with van der Waals surface area (Å²) in [6, 6.07) is 0.714. The molecular weight excluding hydrogens is 172 g/mol. The van der Waals surface area contributed by atoms with Crippen molar-refractivity contribution in [1.29, 1.82) is 0 Å². The van der Waals surface area contributed by atoms with Crippen molar-refractivity contribution < 1.29 is 0 Å². The van der Waals surface area contributed by atoms with Crippen molar-refractivity contribution in [3.63, 3.8) is 0 Å². The van der Waals surface area contributed by atoms with Crippen molar-refractivity contribution in [3.05, 3.63) is 12.2 Å². The molecule has 1 heterocycles. The largest absolute Gasteiger partial charge is 0.319 e. The standard InChI is InChI=1S/C12H24N2/c1-3-14-11-7-5-9-12(14)8-4-6-10-13-2/h4,8,12-13H,3,5-7,9-11H2,1-2H3/b8-4-. The summed E-state index contributed by atoms with van der Waals surface area (Å²) in [7, 11) is 2.01. The molecule has 2 heteroatoms. The van der Waals surface area contributed by atoms with Gasteiger partial charge in [-0.15, -0.1) is 0 Å². The van der Waals surface area contributed by atoms with Crippen LogP contribution in [0.4, 0.5) is 0 Å². The van der Waals surface area contributed by atoms with Crippen LogP contribution in [0.15, 0.2) is 12.2 Å². The molecular formula is C12H24N2. The number of nitrogens with zero attached hydrogens (tertiary/aromatic N) is 1. The SMILES string of the molecule is CCN1CCCCC1/C=C\CCNC. The normalized spacial score (nSPS) is 24.6. The molecule has 1 saturated heterocycles. The van der Waals surface area contributed by atoms with Gasteiger partial charge in [-0.1, -0.05) is 25.5 Å². The highest BCUT2D eigenvalue weighted by molar-refractivity contribution is 4.96. The highest BCUT2D eigenvalue weighted by Crippen LogP contribution is 2.17. The third-order valence-corrected chi connectivity index (χ3v) is 2.99. The van der Waals surface area contributed by atoms with Gasteiger partial charge in [0.25, 0.3) is 0 Å². The number of piperidine rings is 1. The molecule has 1 fully saturated rings. The molecule has 0 bridgehead atoms. The number of nitrogens with one attached hydrogen (secondary N) is 1. The van der Waals surface area contributed by atoms with Crippen molar-refractivity contribution in [3.8, 4) is 0 Å². The lowest BCUT2D eigenvalue weighted by atomic mass is 10.0. The first-order valence-corrected chi connectivity index (χ1v) is 5.93. The van der Waals surface area contributed by atoms with E-state index in [-0.39, 0.29) is 0 Å². The van der Waals surface area contributed by atoms with Gasteiger partial charge in [0.2, 0.25) is 0 Å². The van der Waals surface area contributed by atoms with E-state index in [1.807, 2.05) is 7.05 Å². The van der Waals surface area contributed by atoms with Crippen LogP contribution < -0.4 is 5.32 Å². The first-order valence-electron chi connectivity index (χ1n) is 5.93. The molecule has 14 heavy (non-hydrogen) atoms. The lowest BCUT2D eigenvalue weighted by Crippen LogP contribution is -2.37.